The number of aromatic nitrogens is 2. The number of ether oxygens (including phenoxy) is 1. The summed E-state index contributed by atoms with van der Waals surface area (Å²) in [5.74, 6) is 0.681. The summed E-state index contributed by atoms with van der Waals surface area (Å²) in [6.07, 6.45) is 2.00. The molecule has 1 fully saturated rings. The van der Waals surface area contributed by atoms with Crippen molar-refractivity contribution in [1.82, 2.24) is 14.5 Å². The van der Waals surface area contributed by atoms with Gasteiger partial charge in [-0.2, -0.15) is 4.98 Å². The molecule has 0 bridgehead atoms. The van der Waals surface area contributed by atoms with Gasteiger partial charge in [-0.3, -0.25) is 9.36 Å². The van der Waals surface area contributed by atoms with Crippen molar-refractivity contribution in [3.05, 3.63) is 64.3 Å². The van der Waals surface area contributed by atoms with Crippen molar-refractivity contribution in [2.45, 2.75) is 52.7 Å². The average molecular weight is 491 g/mol. The summed E-state index contributed by atoms with van der Waals surface area (Å²) in [6.45, 7) is 13.3. The molecule has 1 amide bonds. The smallest absolute Gasteiger partial charge is 0.350 e. The topological polar surface area (TPSA) is 67.7 Å². The number of nitrogens with zero attached hydrogens (tertiary/aromatic N) is 4. The number of piperazine rings is 1. The first kappa shape index (κ1) is 24.0. The van der Waals surface area contributed by atoms with Crippen LogP contribution >= 0.6 is 0 Å². The zero-order valence-electron chi connectivity index (χ0n) is 21.2. The van der Waals surface area contributed by atoms with E-state index < -0.39 is 0 Å². The number of amides is 1. The number of hydrogen-bond donors (Lipinski definition) is 0. The molecule has 7 nitrogen and oxygen atoms in total. The van der Waals surface area contributed by atoms with Crippen LogP contribution in [0.3, 0.4) is 0 Å². The molecule has 2 atom stereocenters. The molecule has 3 aromatic rings. The number of rotatable bonds is 4. The molecule has 5 rings (SSSR count). The van der Waals surface area contributed by atoms with E-state index in [1.807, 2.05) is 39.8 Å². The van der Waals surface area contributed by atoms with Crippen LogP contribution in [0.4, 0.5) is 10.2 Å². The summed E-state index contributed by atoms with van der Waals surface area (Å²) in [6, 6.07) is 6.95. The van der Waals surface area contributed by atoms with Gasteiger partial charge in [0.25, 0.3) is 0 Å². The van der Waals surface area contributed by atoms with Crippen LogP contribution in [-0.4, -0.2) is 52.1 Å². The predicted molar refractivity (Wildman–Crippen MR) is 139 cm³/mol. The Kier molecular flexibility index (Phi) is 6.06. The first-order chi connectivity index (χ1) is 17.3. The van der Waals surface area contributed by atoms with Gasteiger partial charge in [0.1, 0.15) is 18.2 Å². The van der Waals surface area contributed by atoms with E-state index in [9.17, 15) is 9.59 Å². The molecule has 3 heterocycles. The maximum Gasteiger partial charge on any atom is 0.350 e. The molecule has 2 aromatic carbocycles. The van der Waals surface area contributed by atoms with Crippen LogP contribution in [0.1, 0.15) is 31.9 Å². The first-order valence-electron chi connectivity index (χ1n) is 12.4. The van der Waals surface area contributed by atoms with E-state index in [0.717, 1.165) is 16.5 Å². The highest BCUT2D eigenvalue weighted by molar-refractivity contribution is 6.01. The van der Waals surface area contributed by atoms with Crippen LogP contribution in [0, 0.1) is 12.7 Å². The van der Waals surface area contributed by atoms with Gasteiger partial charge in [-0.15, -0.1) is 0 Å². The van der Waals surface area contributed by atoms with Gasteiger partial charge >= 0.3 is 5.69 Å². The summed E-state index contributed by atoms with van der Waals surface area (Å²) in [4.78, 5) is 34.0. The quantitative estimate of drug-likeness (QED) is 0.516. The van der Waals surface area contributed by atoms with Gasteiger partial charge in [0, 0.05) is 41.7 Å². The Hall–Kier alpha value is -3.68. The Morgan fingerprint density at radius 1 is 1.25 bits per heavy atom. The second-order valence-corrected chi connectivity index (χ2v) is 9.68. The van der Waals surface area contributed by atoms with Crippen LogP contribution in [-0.2, 0) is 17.8 Å². The van der Waals surface area contributed by atoms with Crippen molar-refractivity contribution in [3.63, 3.8) is 0 Å². The number of hydrogen-bond acceptors (Lipinski definition) is 5. The van der Waals surface area contributed by atoms with E-state index in [2.05, 4.69) is 16.5 Å². The van der Waals surface area contributed by atoms with Crippen LogP contribution in [0.25, 0.3) is 22.0 Å². The monoisotopic (exact) mass is 490 g/mol. The maximum atomic E-state index is 15.2. The minimum atomic E-state index is -0.356. The fraction of sp³-hybridized carbons (Fsp3) is 0.393. The standard InChI is InChI=1S/C28H31FN4O3/c1-6-19-9-8-10-21(29)24(19)23-16(3)13-20-25-26(23)36-12-11-31(25)28(35)30-27(20)33-15-17(4)32(14-18(33)5)22(34)7-2/h7-10,13,17-18H,2,6,11-12,14-15H2,1,3-5H3/t17-,18?/m1/s1. The molecule has 188 valence electrons. The van der Waals surface area contributed by atoms with Crippen LogP contribution in [0.15, 0.2) is 41.7 Å². The molecule has 1 unspecified atom stereocenters. The van der Waals surface area contributed by atoms with Crippen molar-refractivity contribution in [3.8, 4) is 16.9 Å². The molecule has 2 aliphatic heterocycles. The van der Waals surface area contributed by atoms with E-state index in [-0.39, 0.29) is 29.5 Å². The SMILES string of the molecule is C=CC(=O)N1CC(C)N(c2nc(=O)n3c4c(c(-c5c(F)cccc5CC)c(C)cc24)OCC3)C[C@H]1C. The summed E-state index contributed by atoms with van der Waals surface area (Å²) >= 11 is 0. The highest BCUT2D eigenvalue weighted by Crippen LogP contribution is 2.45. The van der Waals surface area contributed by atoms with Gasteiger partial charge in [-0.1, -0.05) is 25.6 Å². The Balaban J connectivity index is 1.75. The number of carbonyl (C=O) groups excluding carboxylic acids is 1. The van der Waals surface area contributed by atoms with Gasteiger partial charge in [0.05, 0.1) is 12.1 Å². The van der Waals surface area contributed by atoms with E-state index in [4.69, 9.17) is 4.74 Å². The predicted octanol–water partition coefficient (Wildman–Crippen LogP) is 4.08. The molecular formula is C28H31FN4O3. The minimum Gasteiger partial charge on any atom is -0.489 e. The molecule has 0 N–H and O–H groups in total. The average Bonchev–Trinajstić information content (AvgIpc) is 2.87. The third-order valence-electron chi connectivity index (χ3n) is 7.40. The normalized spacial score (nSPS) is 19.4. The molecule has 8 heteroatoms. The van der Waals surface area contributed by atoms with Gasteiger partial charge < -0.3 is 14.5 Å². The van der Waals surface area contributed by atoms with Gasteiger partial charge in [0.2, 0.25) is 5.91 Å². The van der Waals surface area contributed by atoms with Crippen molar-refractivity contribution in [2.75, 3.05) is 24.6 Å². The van der Waals surface area contributed by atoms with Crippen molar-refractivity contribution in [2.24, 2.45) is 0 Å². The van der Waals surface area contributed by atoms with E-state index in [0.29, 0.717) is 60.9 Å². The minimum absolute atomic E-state index is 0.0680. The van der Waals surface area contributed by atoms with Gasteiger partial charge in [0.15, 0.2) is 5.75 Å². The van der Waals surface area contributed by atoms with Crippen LogP contribution in [0.2, 0.25) is 0 Å². The van der Waals surface area contributed by atoms with E-state index in [1.165, 1.54) is 12.1 Å². The Morgan fingerprint density at radius 2 is 2.03 bits per heavy atom. The molecule has 1 aromatic heterocycles. The summed E-state index contributed by atoms with van der Waals surface area (Å²) in [5.41, 5.74) is 3.24. The number of halogens is 1. The highest BCUT2D eigenvalue weighted by atomic mass is 19.1. The number of benzene rings is 2. The first-order valence-corrected chi connectivity index (χ1v) is 12.4. The third kappa shape index (κ3) is 3.67. The molecule has 2 aliphatic rings. The van der Waals surface area contributed by atoms with E-state index >= 15 is 4.39 Å². The zero-order chi connectivity index (χ0) is 25.7. The highest BCUT2D eigenvalue weighted by Gasteiger charge is 2.34. The Morgan fingerprint density at radius 3 is 2.75 bits per heavy atom. The fourth-order valence-corrected chi connectivity index (χ4v) is 5.63. The van der Waals surface area contributed by atoms with Crippen molar-refractivity contribution >= 4 is 22.6 Å². The molecule has 0 aliphatic carbocycles. The molecule has 0 spiro atoms. The van der Waals surface area contributed by atoms with Gasteiger partial charge in [-0.05, 0) is 56.5 Å². The molecule has 0 saturated carbocycles. The lowest BCUT2D eigenvalue weighted by molar-refractivity contribution is -0.128. The number of carbonyl (C=O) groups is 1. The zero-order valence-corrected chi connectivity index (χ0v) is 21.2. The maximum absolute atomic E-state index is 15.2. The molecule has 36 heavy (non-hydrogen) atoms. The van der Waals surface area contributed by atoms with Gasteiger partial charge in [-0.25, -0.2) is 9.18 Å². The molecule has 0 radical (unpaired) electrons. The largest absolute Gasteiger partial charge is 0.489 e. The fourth-order valence-electron chi connectivity index (χ4n) is 5.63. The second-order valence-electron chi connectivity index (χ2n) is 9.68. The lowest BCUT2D eigenvalue weighted by Crippen LogP contribution is -2.58. The van der Waals surface area contributed by atoms with Crippen LogP contribution < -0.4 is 15.3 Å². The lowest BCUT2D eigenvalue weighted by atomic mass is 9.91. The third-order valence-corrected chi connectivity index (χ3v) is 7.40. The summed E-state index contributed by atoms with van der Waals surface area (Å²) in [7, 11) is 0. The second kappa shape index (κ2) is 9.08. The molecular weight excluding hydrogens is 459 g/mol. The Labute approximate surface area is 209 Å². The summed E-state index contributed by atoms with van der Waals surface area (Å²) < 4.78 is 23.1. The van der Waals surface area contributed by atoms with E-state index in [1.54, 1.807) is 15.5 Å². The molecule has 1 saturated heterocycles. The lowest BCUT2D eigenvalue weighted by Gasteiger charge is -2.44. The summed E-state index contributed by atoms with van der Waals surface area (Å²) in [5, 5.41) is 0.794. The number of anilines is 1. The Bertz CT molecular complexity index is 1450. The van der Waals surface area contributed by atoms with Crippen LogP contribution in [0.5, 0.6) is 5.75 Å². The number of aryl methyl sites for hydroxylation is 2. The van der Waals surface area contributed by atoms with Crippen molar-refractivity contribution in [1.29, 1.82) is 0 Å². The van der Waals surface area contributed by atoms with Crippen molar-refractivity contribution < 1.29 is 13.9 Å².